The molecule has 0 fully saturated rings. The topological polar surface area (TPSA) is 67.2 Å². The highest BCUT2D eigenvalue weighted by Gasteiger charge is 2.12. The molecule has 0 bridgehead atoms. The molecule has 2 atom stereocenters. The number of amides is 1. The standard InChI is InChI=1S/C16H21N3O2/c1-12(10-13(2)20)11-17-16(21)15-8-9-19(18-15)14-6-4-3-5-7-14/h3-9,12-13,20H,10-11H2,1-2H3,(H,17,21). The summed E-state index contributed by atoms with van der Waals surface area (Å²) in [5.74, 6) is 0.0345. The van der Waals surface area contributed by atoms with Gasteiger partial charge in [0.05, 0.1) is 11.8 Å². The first-order valence-corrected chi connectivity index (χ1v) is 7.13. The number of aliphatic hydroxyl groups excluding tert-OH is 1. The number of hydrogen-bond donors (Lipinski definition) is 2. The molecule has 0 spiro atoms. The zero-order valence-corrected chi connectivity index (χ0v) is 12.4. The van der Waals surface area contributed by atoms with Gasteiger partial charge in [0.15, 0.2) is 5.69 Å². The van der Waals surface area contributed by atoms with Crippen molar-refractivity contribution in [2.45, 2.75) is 26.4 Å². The van der Waals surface area contributed by atoms with Crippen molar-refractivity contribution in [3.63, 3.8) is 0 Å². The molecule has 2 rings (SSSR count). The highest BCUT2D eigenvalue weighted by molar-refractivity contribution is 5.92. The molecule has 1 aromatic carbocycles. The van der Waals surface area contributed by atoms with Crippen molar-refractivity contribution in [1.82, 2.24) is 15.1 Å². The molecule has 2 aromatic rings. The Hall–Kier alpha value is -2.14. The van der Waals surface area contributed by atoms with Gasteiger partial charge in [-0.25, -0.2) is 4.68 Å². The average Bonchev–Trinajstić information content (AvgIpc) is 2.95. The van der Waals surface area contributed by atoms with Crippen LogP contribution in [0.15, 0.2) is 42.6 Å². The van der Waals surface area contributed by atoms with Crippen molar-refractivity contribution >= 4 is 5.91 Å². The summed E-state index contributed by atoms with van der Waals surface area (Å²) >= 11 is 0. The van der Waals surface area contributed by atoms with E-state index in [1.54, 1.807) is 23.9 Å². The summed E-state index contributed by atoms with van der Waals surface area (Å²) in [5.41, 5.74) is 1.31. The van der Waals surface area contributed by atoms with E-state index in [2.05, 4.69) is 10.4 Å². The fraction of sp³-hybridized carbons (Fsp3) is 0.375. The summed E-state index contributed by atoms with van der Waals surface area (Å²) in [6.07, 6.45) is 2.08. The Bertz CT molecular complexity index is 578. The molecule has 21 heavy (non-hydrogen) atoms. The second-order valence-corrected chi connectivity index (χ2v) is 5.38. The van der Waals surface area contributed by atoms with Gasteiger partial charge in [-0.05, 0) is 37.5 Å². The van der Waals surface area contributed by atoms with Crippen LogP contribution in [0.2, 0.25) is 0 Å². The molecule has 5 heteroatoms. The van der Waals surface area contributed by atoms with Gasteiger partial charge in [0.2, 0.25) is 0 Å². The molecule has 5 nitrogen and oxygen atoms in total. The van der Waals surface area contributed by atoms with Gasteiger partial charge in [0.25, 0.3) is 5.91 Å². The average molecular weight is 287 g/mol. The molecule has 0 aliphatic rings. The first-order chi connectivity index (χ1) is 10.1. The van der Waals surface area contributed by atoms with Gasteiger partial charge in [-0.2, -0.15) is 5.10 Å². The maximum atomic E-state index is 12.0. The Morgan fingerprint density at radius 1 is 1.29 bits per heavy atom. The number of aliphatic hydroxyl groups is 1. The summed E-state index contributed by atoms with van der Waals surface area (Å²) in [6, 6.07) is 11.3. The smallest absolute Gasteiger partial charge is 0.271 e. The third-order valence-corrected chi connectivity index (χ3v) is 3.20. The van der Waals surface area contributed by atoms with Crippen LogP contribution in [0.3, 0.4) is 0 Å². The van der Waals surface area contributed by atoms with Crippen molar-refractivity contribution in [2.75, 3.05) is 6.54 Å². The van der Waals surface area contributed by atoms with Crippen LogP contribution in [0.4, 0.5) is 0 Å². The molecule has 0 aliphatic heterocycles. The van der Waals surface area contributed by atoms with Gasteiger partial charge in [0.1, 0.15) is 0 Å². The lowest BCUT2D eigenvalue weighted by molar-refractivity contribution is 0.0934. The summed E-state index contributed by atoms with van der Waals surface area (Å²) in [4.78, 5) is 12.0. The summed E-state index contributed by atoms with van der Waals surface area (Å²) in [7, 11) is 0. The van der Waals surface area contributed by atoms with E-state index < -0.39 is 0 Å². The number of nitrogens with one attached hydrogen (secondary N) is 1. The number of hydrogen-bond acceptors (Lipinski definition) is 3. The van der Waals surface area contributed by atoms with Crippen LogP contribution in [0, 0.1) is 5.92 Å². The SMILES string of the molecule is CC(O)CC(C)CNC(=O)c1ccn(-c2ccccc2)n1. The third kappa shape index (κ3) is 4.43. The minimum absolute atomic E-state index is 0.192. The normalized spacial score (nSPS) is 13.7. The van der Waals surface area contributed by atoms with Gasteiger partial charge in [0, 0.05) is 12.7 Å². The molecule has 0 aliphatic carbocycles. The van der Waals surface area contributed by atoms with Crippen LogP contribution in [0.25, 0.3) is 5.69 Å². The van der Waals surface area contributed by atoms with Crippen LogP contribution in [0.5, 0.6) is 0 Å². The number of nitrogens with zero attached hydrogens (tertiary/aromatic N) is 2. The van der Waals surface area contributed by atoms with E-state index in [1.807, 2.05) is 37.3 Å². The maximum absolute atomic E-state index is 12.0. The number of carbonyl (C=O) groups excluding carboxylic acids is 1. The number of benzene rings is 1. The summed E-state index contributed by atoms with van der Waals surface area (Å²) in [6.45, 7) is 4.28. The molecule has 0 saturated carbocycles. The molecule has 112 valence electrons. The zero-order chi connectivity index (χ0) is 15.2. The fourth-order valence-corrected chi connectivity index (χ4v) is 2.19. The largest absolute Gasteiger partial charge is 0.393 e. The molecule has 1 amide bonds. The van der Waals surface area contributed by atoms with Crippen molar-refractivity contribution in [3.8, 4) is 5.69 Å². The lowest BCUT2D eigenvalue weighted by Gasteiger charge is -2.13. The number of aromatic nitrogens is 2. The summed E-state index contributed by atoms with van der Waals surface area (Å²) in [5, 5.41) is 16.4. The fourth-order valence-electron chi connectivity index (χ4n) is 2.19. The number of carbonyl (C=O) groups is 1. The zero-order valence-electron chi connectivity index (χ0n) is 12.4. The molecule has 0 radical (unpaired) electrons. The van der Waals surface area contributed by atoms with Gasteiger partial charge >= 0.3 is 0 Å². The predicted octanol–water partition coefficient (Wildman–Crippen LogP) is 2.01. The van der Waals surface area contributed by atoms with Crippen molar-refractivity contribution < 1.29 is 9.90 Å². The van der Waals surface area contributed by atoms with Gasteiger partial charge in [-0.3, -0.25) is 4.79 Å². The summed E-state index contributed by atoms with van der Waals surface area (Å²) < 4.78 is 1.67. The van der Waals surface area contributed by atoms with Crippen molar-refractivity contribution in [3.05, 3.63) is 48.3 Å². The van der Waals surface area contributed by atoms with E-state index in [0.717, 1.165) is 5.69 Å². The Morgan fingerprint density at radius 3 is 2.67 bits per heavy atom. The quantitative estimate of drug-likeness (QED) is 0.854. The maximum Gasteiger partial charge on any atom is 0.271 e. The second-order valence-electron chi connectivity index (χ2n) is 5.38. The van der Waals surface area contributed by atoms with Gasteiger partial charge in [-0.1, -0.05) is 25.1 Å². The van der Waals surface area contributed by atoms with Gasteiger partial charge in [-0.15, -0.1) is 0 Å². The molecule has 1 aromatic heterocycles. The van der Waals surface area contributed by atoms with E-state index in [0.29, 0.717) is 18.7 Å². The van der Waals surface area contributed by atoms with E-state index >= 15 is 0 Å². The first kappa shape index (κ1) is 15.3. The molecular weight excluding hydrogens is 266 g/mol. The number of rotatable bonds is 6. The highest BCUT2D eigenvalue weighted by atomic mass is 16.3. The van der Waals surface area contributed by atoms with Crippen LogP contribution < -0.4 is 5.32 Å². The Labute approximate surface area is 124 Å². The van der Waals surface area contributed by atoms with Gasteiger partial charge < -0.3 is 10.4 Å². The monoisotopic (exact) mass is 287 g/mol. The molecule has 2 unspecified atom stereocenters. The minimum atomic E-state index is -0.353. The van der Waals surface area contributed by atoms with E-state index in [4.69, 9.17) is 0 Å². The number of para-hydroxylation sites is 1. The van der Waals surface area contributed by atoms with E-state index in [1.165, 1.54) is 0 Å². The van der Waals surface area contributed by atoms with Crippen molar-refractivity contribution in [2.24, 2.45) is 5.92 Å². The Kier molecular flexibility index (Phi) is 5.11. The van der Waals surface area contributed by atoms with Crippen LogP contribution >= 0.6 is 0 Å². The highest BCUT2D eigenvalue weighted by Crippen LogP contribution is 2.08. The molecule has 1 heterocycles. The van der Waals surface area contributed by atoms with E-state index in [-0.39, 0.29) is 17.9 Å². The second kappa shape index (κ2) is 7.04. The van der Waals surface area contributed by atoms with Crippen LogP contribution in [-0.2, 0) is 0 Å². The van der Waals surface area contributed by atoms with Crippen LogP contribution in [-0.4, -0.2) is 33.4 Å². The first-order valence-electron chi connectivity index (χ1n) is 7.13. The minimum Gasteiger partial charge on any atom is -0.393 e. The Morgan fingerprint density at radius 2 is 2.00 bits per heavy atom. The van der Waals surface area contributed by atoms with Crippen LogP contribution in [0.1, 0.15) is 30.8 Å². The molecule has 0 saturated heterocycles. The molecule has 2 N–H and O–H groups in total. The van der Waals surface area contributed by atoms with E-state index in [9.17, 15) is 9.90 Å². The third-order valence-electron chi connectivity index (χ3n) is 3.20. The lowest BCUT2D eigenvalue weighted by Crippen LogP contribution is -2.29. The molecular formula is C16H21N3O2. The lowest BCUT2D eigenvalue weighted by atomic mass is 10.0. The van der Waals surface area contributed by atoms with Crippen molar-refractivity contribution in [1.29, 1.82) is 0 Å². The Balaban J connectivity index is 1.93. The predicted molar refractivity (Wildman–Crippen MR) is 81.4 cm³/mol.